The van der Waals surface area contributed by atoms with E-state index in [1.807, 2.05) is 12.3 Å². The number of nitrogens with one attached hydrogen (secondary N) is 1. The molecular weight excluding hydrogens is 214 g/mol. The summed E-state index contributed by atoms with van der Waals surface area (Å²) in [4.78, 5) is 6.60. The lowest BCUT2D eigenvalue weighted by molar-refractivity contribution is 0.159. The fourth-order valence-corrected chi connectivity index (χ4v) is 2.36. The molecule has 1 aliphatic heterocycles. The first-order chi connectivity index (χ1) is 8.40. The second kappa shape index (κ2) is 6.69. The molecule has 1 aromatic rings. The average molecular weight is 235 g/mol. The van der Waals surface area contributed by atoms with Gasteiger partial charge in [-0.2, -0.15) is 0 Å². The smallest absolute Gasteiger partial charge is 0.0446 e. The SMILES string of the molecule is OCCC1CNCCCN1Cc1cccnc1. The molecule has 0 saturated carbocycles. The van der Waals surface area contributed by atoms with Crippen molar-refractivity contribution in [3.63, 3.8) is 0 Å². The van der Waals surface area contributed by atoms with Gasteiger partial charge >= 0.3 is 0 Å². The predicted octanol–water partition coefficient (Wildman–Crippen LogP) is 0.628. The number of pyridine rings is 1. The largest absolute Gasteiger partial charge is 0.396 e. The maximum Gasteiger partial charge on any atom is 0.0446 e. The van der Waals surface area contributed by atoms with E-state index in [0.717, 1.165) is 32.6 Å². The Morgan fingerprint density at radius 1 is 1.53 bits per heavy atom. The molecule has 4 heteroatoms. The van der Waals surface area contributed by atoms with Crippen LogP contribution in [0.4, 0.5) is 0 Å². The van der Waals surface area contributed by atoms with E-state index in [0.29, 0.717) is 6.04 Å². The molecule has 1 fully saturated rings. The van der Waals surface area contributed by atoms with Crippen LogP contribution in [0.1, 0.15) is 18.4 Å². The van der Waals surface area contributed by atoms with Crippen LogP contribution in [0.2, 0.25) is 0 Å². The summed E-state index contributed by atoms with van der Waals surface area (Å²) < 4.78 is 0. The molecule has 94 valence electrons. The van der Waals surface area contributed by atoms with Gasteiger partial charge in [0, 0.05) is 44.7 Å². The predicted molar refractivity (Wildman–Crippen MR) is 67.6 cm³/mol. The molecule has 0 bridgehead atoms. The minimum absolute atomic E-state index is 0.260. The first-order valence-electron chi connectivity index (χ1n) is 6.34. The molecule has 0 spiro atoms. The van der Waals surface area contributed by atoms with Crippen molar-refractivity contribution in [2.24, 2.45) is 0 Å². The summed E-state index contributed by atoms with van der Waals surface area (Å²) in [5.41, 5.74) is 1.25. The van der Waals surface area contributed by atoms with Crippen LogP contribution in [0.15, 0.2) is 24.5 Å². The number of aliphatic hydroxyl groups excluding tert-OH is 1. The van der Waals surface area contributed by atoms with Gasteiger partial charge in [-0.1, -0.05) is 6.07 Å². The van der Waals surface area contributed by atoms with Crippen molar-refractivity contribution in [2.45, 2.75) is 25.4 Å². The standard InChI is InChI=1S/C13H21N3O/c17-8-4-13-10-15-6-2-7-16(13)11-12-3-1-5-14-9-12/h1,3,5,9,13,15,17H,2,4,6-8,10-11H2. The van der Waals surface area contributed by atoms with Gasteiger partial charge in [-0.3, -0.25) is 9.88 Å². The van der Waals surface area contributed by atoms with Gasteiger partial charge in [0.05, 0.1) is 0 Å². The average Bonchev–Trinajstić information content (AvgIpc) is 2.57. The Morgan fingerprint density at radius 3 is 3.24 bits per heavy atom. The Kier molecular flexibility index (Phi) is 4.91. The van der Waals surface area contributed by atoms with Crippen molar-refractivity contribution in [3.8, 4) is 0 Å². The molecule has 1 aromatic heterocycles. The zero-order valence-corrected chi connectivity index (χ0v) is 10.2. The highest BCUT2D eigenvalue weighted by Crippen LogP contribution is 2.12. The Labute approximate surface area is 103 Å². The Hall–Kier alpha value is -0.970. The van der Waals surface area contributed by atoms with Crippen molar-refractivity contribution in [3.05, 3.63) is 30.1 Å². The molecule has 4 nitrogen and oxygen atoms in total. The monoisotopic (exact) mass is 235 g/mol. The Bertz CT molecular complexity index is 318. The molecule has 1 aliphatic rings. The van der Waals surface area contributed by atoms with E-state index in [-0.39, 0.29) is 6.61 Å². The first kappa shape index (κ1) is 12.5. The van der Waals surface area contributed by atoms with Crippen molar-refractivity contribution < 1.29 is 5.11 Å². The molecular formula is C13H21N3O. The number of rotatable bonds is 4. The maximum atomic E-state index is 9.13. The van der Waals surface area contributed by atoms with Crippen LogP contribution in [0.3, 0.4) is 0 Å². The second-order valence-corrected chi connectivity index (χ2v) is 4.56. The molecule has 0 aromatic carbocycles. The van der Waals surface area contributed by atoms with Crippen LogP contribution in [-0.2, 0) is 6.54 Å². The molecule has 1 saturated heterocycles. The van der Waals surface area contributed by atoms with E-state index in [1.165, 1.54) is 12.0 Å². The highest BCUT2D eigenvalue weighted by molar-refractivity contribution is 5.08. The molecule has 2 N–H and O–H groups in total. The zero-order chi connectivity index (χ0) is 11.9. The first-order valence-corrected chi connectivity index (χ1v) is 6.34. The lowest BCUT2D eigenvalue weighted by atomic mass is 10.1. The van der Waals surface area contributed by atoms with Crippen molar-refractivity contribution in [1.82, 2.24) is 15.2 Å². The molecule has 0 aliphatic carbocycles. The van der Waals surface area contributed by atoms with E-state index < -0.39 is 0 Å². The Morgan fingerprint density at radius 2 is 2.47 bits per heavy atom. The van der Waals surface area contributed by atoms with Crippen LogP contribution in [-0.4, -0.2) is 47.3 Å². The third-order valence-electron chi connectivity index (χ3n) is 3.27. The summed E-state index contributed by atoms with van der Waals surface area (Å²) in [6.07, 6.45) is 5.74. The number of nitrogens with zero attached hydrogens (tertiary/aromatic N) is 2. The van der Waals surface area contributed by atoms with Crippen molar-refractivity contribution in [1.29, 1.82) is 0 Å². The van der Waals surface area contributed by atoms with E-state index in [1.54, 1.807) is 6.20 Å². The fraction of sp³-hybridized carbons (Fsp3) is 0.615. The number of aliphatic hydroxyl groups is 1. The Balaban J connectivity index is 1.99. The second-order valence-electron chi connectivity index (χ2n) is 4.56. The molecule has 1 atom stereocenters. The third kappa shape index (κ3) is 3.77. The van der Waals surface area contributed by atoms with Gasteiger partial charge in [-0.15, -0.1) is 0 Å². The van der Waals surface area contributed by atoms with Gasteiger partial charge in [-0.25, -0.2) is 0 Å². The van der Waals surface area contributed by atoms with Crippen LogP contribution in [0, 0.1) is 0 Å². The van der Waals surface area contributed by atoms with E-state index in [9.17, 15) is 0 Å². The minimum atomic E-state index is 0.260. The summed E-state index contributed by atoms with van der Waals surface area (Å²) in [6.45, 7) is 4.33. The maximum absolute atomic E-state index is 9.13. The van der Waals surface area contributed by atoms with Gasteiger partial charge in [0.25, 0.3) is 0 Å². The van der Waals surface area contributed by atoms with Crippen LogP contribution >= 0.6 is 0 Å². The van der Waals surface area contributed by atoms with Gasteiger partial charge in [0.1, 0.15) is 0 Å². The van der Waals surface area contributed by atoms with Crippen molar-refractivity contribution in [2.75, 3.05) is 26.2 Å². The molecule has 17 heavy (non-hydrogen) atoms. The minimum Gasteiger partial charge on any atom is -0.396 e. The van der Waals surface area contributed by atoms with Gasteiger partial charge < -0.3 is 10.4 Å². The van der Waals surface area contributed by atoms with Crippen LogP contribution in [0.5, 0.6) is 0 Å². The van der Waals surface area contributed by atoms with Crippen LogP contribution in [0.25, 0.3) is 0 Å². The molecule has 0 amide bonds. The van der Waals surface area contributed by atoms with Crippen LogP contribution < -0.4 is 5.32 Å². The van der Waals surface area contributed by atoms with Gasteiger partial charge in [0.15, 0.2) is 0 Å². The zero-order valence-electron chi connectivity index (χ0n) is 10.2. The van der Waals surface area contributed by atoms with Gasteiger partial charge in [-0.05, 0) is 31.0 Å². The topological polar surface area (TPSA) is 48.4 Å². The van der Waals surface area contributed by atoms with E-state index in [2.05, 4.69) is 21.3 Å². The third-order valence-corrected chi connectivity index (χ3v) is 3.27. The quantitative estimate of drug-likeness (QED) is 0.803. The fourth-order valence-electron chi connectivity index (χ4n) is 2.36. The highest BCUT2D eigenvalue weighted by Gasteiger charge is 2.20. The molecule has 1 unspecified atom stereocenters. The summed E-state index contributed by atoms with van der Waals surface area (Å²) in [5.74, 6) is 0. The summed E-state index contributed by atoms with van der Waals surface area (Å²) in [5, 5.41) is 12.6. The highest BCUT2D eigenvalue weighted by atomic mass is 16.3. The number of aromatic nitrogens is 1. The van der Waals surface area contributed by atoms with Gasteiger partial charge in [0.2, 0.25) is 0 Å². The molecule has 2 heterocycles. The number of hydrogen-bond donors (Lipinski definition) is 2. The normalized spacial score (nSPS) is 22.3. The lowest BCUT2D eigenvalue weighted by Gasteiger charge is -2.29. The van der Waals surface area contributed by atoms with Crippen molar-refractivity contribution >= 4 is 0 Å². The summed E-state index contributed by atoms with van der Waals surface area (Å²) in [7, 11) is 0. The summed E-state index contributed by atoms with van der Waals surface area (Å²) in [6, 6.07) is 4.52. The van der Waals surface area contributed by atoms with E-state index in [4.69, 9.17) is 5.11 Å². The number of hydrogen-bond acceptors (Lipinski definition) is 4. The lowest BCUT2D eigenvalue weighted by Crippen LogP contribution is -2.39. The molecule has 2 rings (SSSR count). The summed E-state index contributed by atoms with van der Waals surface area (Å²) >= 11 is 0. The molecule has 0 radical (unpaired) electrons. The van der Waals surface area contributed by atoms with E-state index >= 15 is 0 Å².